The summed E-state index contributed by atoms with van der Waals surface area (Å²) in [6, 6.07) is 28.9. The monoisotopic (exact) mass is 534 g/mol. The summed E-state index contributed by atoms with van der Waals surface area (Å²) < 4.78 is 25.6. The first-order chi connectivity index (χ1) is 15.3. The molecule has 31 heavy (non-hydrogen) atoms. The van der Waals surface area contributed by atoms with Gasteiger partial charge in [0, 0.05) is 0 Å². The first kappa shape index (κ1) is 22.3. The van der Waals surface area contributed by atoms with Crippen LogP contribution in [0.1, 0.15) is 17.5 Å². The van der Waals surface area contributed by atoms with E-state index >= 15 is 0 Å². The molecular weight excluding hydrogens is 504 g/mol. The maximum atomic E-state index is 6.44. The Labute approximate surface area is 194 Å². The maximum absolute atomic E-state index is 6.44. The molecule has 0 amide bonds. The van der Waals surface area contributed by atoms with Crippen molar-refractivity contribution in [2.45, 2.75) is 36.0 Å². The minimum atomic E-state index is -0.497. The Bertz CT molecular complexity index is 902. The molecule has 162 valence electrons. The van der Waals surface area contributed by atoms with Gasteiger partial charge in [-0.25, -0.2) is 0 Å². The van der Waals surface area contributed by atoms with Gasteiger partial charge in [-0.05, 0) is 0 Å². The predicted octanol–water partition coefficient (Wildman–Crippen LogP) is 3.94. The third-order valence-corrected chi connectivity index (χ3v) is 8.36. The molecule has 4 rings (SSSR count). The molecule has 1 aliphatic rings. The van der Waals surface area contributed by atoms with E-state index in [1.165, 1.54) is 14.7 Å². The van der Waals surface area contributed by atoms with Crippen LogP contribution in [-0.4, -0.2) is 51.0 Å². The predicted molar refractivity (Wildman–Crippen MR) is 123 cm³/mol. The third kappa shape index (κ3) is 6.80. The van der Waals surface area contributed by atoms with Crippen LogP contribution < -0.4 is 8.35 Å². The molecular formula is C26H28O4Te. The molecule has 1 fully saturated rings. The zero-order valence-electron chi connectivity index (χ0n) is 17.7. The molecule has 0 radical (unpaired) electrons. The Morgan fingerprint density at radius 1 is 0.839 bits per heavy atom. The van der Waals surface area contributed by atoms with E-state index in [1.54, 1.807) is 7.11 Å². The molecule has 5 heteroatoms. The first-order valence-electron chi connectivity index (χ1n) is 10.5. The average molecular weight is 532 g/mol. The van der Waals surface area contributed by atoms with Crippen molar-refractivity contribution in [1.82, 2.24) is 0 Å². The molecule has 0 aromatic heterocycles. The molecule has 0 aliphatic carbocycles. The van der Waals surface area contributed by atoms with E-state index in [9.17, 15) is 0 Å². The molecule has 3 aromatic rings. The van der Waals surface area contributed by atoms with E-state index in [-0.39, 0.29) is 16.4 Å². The Kier molecular flexibility index (Phi) is 8.40. The number of ether oxygens (including phenoxy) is 4. The van der Waals surface area contributed by atoms with Gasteiger partial charge in [0.2, 0.25) is 0 Å². The van der Waals surface area contributed by atoms with E-state index in [2.05, 4.69) is 36.4 Å². The van der Waals surface area contributed by atoms with Crippen LogP contribution in [0.15, 0.2) is 84.9 Å². The van der Waals surface area contributed by atoms with Gasteiger partial charge in [0.1, 0.15) is 0 Å². The van der Waals surface area contributed by atoms with Crippen LogP contribution >= 0.6 is 0 Å². The molecule has 1 aliphatic heterocycles. The Hall–Kier alpha value is -1.87. The molecule has 3 aromatic carbocycles. The van der Waals surface area contributed by atoms with Crippen LogP contribution in [0.2, 0.25) is 0 Å². The molecule has 1 unspecified atom stereocenters. The topological polar surface area (TPSA) is 36.9 Å². The molecule has 4 nitrogen and oxygen atoms in total. The van der Waals surface area contributed by atoms with Crippen molar-refractivity contribution in [2.75, 3.05) is 13.7 Å². The second-order valence-electron chi connectivity index (χ2n) is 7.47. The molecule has 3 atom stereocenters. The quantitative estimate of drug-likeness (QED) is 0.371. The van der Waals surface area contributed by atoms with Crippen LogP contribution in [0.5, 0.6) is 5.75 Å². The summed E-state index contributed by atoms with van der Waals surface area (Å²) in [4.78, 5) is 0. The van der Waals surface area contributed by atoms with Crippen LogP contribution in [0.4, 0.5) is 0 Å². The van der Waals surface area contributed by atoms with E-state index in [0.717, 1.165) is 12.2 Å². The molecule has 0 bridgehead atoms. The van der Waals surface area contributed by atoms with Gasteiger partial charge in [-0.3, -0.25) is 0 Å². The van der Waals surface area contributed by atoms with Gasteiger partial charge in [0.25, 0.3) is 0 Å². The normalized spacial score (nSPS) is 20.6. The summed E-state index contributed by atoms with van der Waals surface area (Å²) in [5.74, 6) is 0.889. The molecule has 1 heterocycles. The number of benzene rings is 3. The fourth-order valence-electron chi connectivity index (χ4n) is 3.53. The zero-order chi connectivity index (χ0) is 21.3. The SMILES string of the molecule is COc1ccc([Te]C2C[C@H](OCc3ccccc3)[C@@H](COCc3ccccc3)O2)cc1. The van der Waals surface area contributed by atoms with Crippen LogP contribution in [0.25, 0.3) is 0 Å². The summed E-state index contributed by atoms with van der Waals surface area (Å²) in [7, 11) is 1.69. The molecule has 0 spiro atoms. The van der Waals surface area contributed by atoms with Gasteiger partial charge < -0.3 is 0 Å². The van der Waals surface area contributed by atoms with Gasteiger partial charge >= 0.3 is 195 Å². The van der Waals surface area contributed by atoms with Crippen molar-refractivity contribution in [3.05, 3.63) is 96.1 Å². The van der Waals surface area contributed by atoms with Crippen molar-refractivity contribution in [3.63, 3.8) is 0 Å². The second-order valence-corrected chi connectivity index (χ2v) is 11.0. The number of rotatable bonds is 10. The zero-order valence-corrected chi connectivity index (χ0v) is 20.0. The molecule has 0 saturated carbocycles. The van der Waals surface area contributed by atoms with Crippen molar-refractivity contribution >= 4 is 24.5 Å². The van der Waals surface area contributed by atoms with Gasteiger partial charge in [-0.15, -0.1) is 0 Å². The van der Waals surface area contributed by atoms with Crippen molar-refractivity contribution in [2.24, 2.45) is 0 Å². The fraction of sp³-hybridized carbons (Fsp3) is 0.308. The standard InChI is InChI=1S/C26H28O4Te/c1-27-22-12-14-23(15-13-22)31-26-16-24(29-18-21-10-6-3-7-11-21)25(30-26)19-28-17-20-8-4-2-5-9-20/h2-15,24-26H,16-19H2,1H3/t24-,25+,26?/m0/s1. The van der Waals surface area contributed by atoms with Gasteiger partial charge in [-0.2, -0.15) is 0 Å². The van der Waals surface area contributed by atoms with Gasteiger partial charge in [-0.1, -0.05) is 0 Å². The summed E-state index contributed by atoms with van der Waals surface area (Å²) >= 11 is -0.497. The Morgan fingerprint density at radius 2 is 1.48 bits per heavy atom. The van der Waals surface area contributed by atoms with Gasteiger partial charge in [0.05, 0.1) is 0 Å². The van der Waals surface area contributed by atoms with E-state index < -0.39 is 20.9 Å². The number of hydrogen-bond donors (Lipinski definition) is 0. The van der Waals surface area contributed by atoms with Crippen molar-refractivity contribution < 1.29 is 18.9 Å². The van der Waals surface area contributed by atoms with Gasteiger partial charge in [0.15, 0.2) is 0 Å². The Morgan fingerprint density at radius 3 is 2.13 bits per heavy atom. The van der Waals surface area contributed by atoms with Crippen molar-refractivity contribution in [3.8, 4) is 5.75 Å². The number of methoxy groups -OCH3 is 1. The van der Waals surface area contributed by atoms with E-state index in [4.69, 9.17) is 18.9 Å². The first-order valence-corrected chi connectivity index (χ1v) is 13.0. The third-order valence-electron chi connectivity index (χ3n) is 5.19. The average Bonchev–Trinajstić information content (AvgIpc) is 3.21. The van der Waals surface area contributed by atoms with E-state index in [0.29, 0.717) is 19.8 Å². The summed E-state index contributed by atoms with van der Waals surface area (Å²) in [5.41, 5.74) is 2.35. The van der Waals surface area contributed by atoms with E-state index in [1.807, 2.05) is 48.5 Å². The minimum absolute atomic E-state index is 0.0410. The fourth-order valence-corrected chi connectivity index (χ4v) is 6.61. The van der Waals surface area contributed by atoms with Crippen LogP contribution in [0, 0.1) is 0 Å². The second kappa shape index (κ2) is 11.7. The van der Waals surface area contributed by atoms with Crippen LogP contribution in [-0.2, 0) is 27.4 Å². The Balaban J connectivity index is 1.35. The number of hydrogen-bond acceptors (Lipinski definition) is 4. The van der Waals surface area contributed by atoms with Crippen LogP contribution in [0.3, 0.4) is 0 Å². The summed E-state index contributed by atoms with van der Waals surface area (Å²) in [6.07, 6.45) is 0.922. The molecule has 0 N–H and O–H groups in total. The summed E-state index contributed by atoms with van der Waals surface area (Å²) in [5, 5.41) is 0. The summed E-state index contributed by atoms with van der Waals surface area (Å²) in [6.45, 7) is 1.73. The molecule has 1 saturated heterocycles. The van der Waals surface area contributed by atoms with Crippen molar-refractivity contribution in [1.29, 1.82) is 0 Å².